The number of halogens is 1. The summed E-state index contributed by atoms with van der Waals surface area (Å²) >= 11 is 6.07. The number of carbonyl (C=O) groups is 2. The van der Waals surface area contributed by atoms with Gasteiger partial charge in [0.05, 0.1) is 11.7 Å². The molecule has 1 aliphatic rings. The van der Waals surface area contributed by atoms with Crippen LogP contribution in [0.5, 0.6) is 5.75 Å². The molecule has 2 aromatic carbocycles. The van der Waals surface area contributed by atoms with Gasteiger partial charge in [-0.15, -0.1) is 0 Å². The molecule has 0 radical (unpaired) electrons. The number of amides is 2. The number of benzene rings is 2. The summed E-state index contributed by atoms with van der Waals surface area (Å²) < 4.78 is 10.9. The fourth-order valence-electron chi connectivity index (χ4n) is 3.14. The first-order valence-corrected chi connectivity index (χ1v) is 9.46. The van der Waals surface area contributed by atoms with Crippen LogP contribution in [-0.2, 0) is 16.0 Å². The number of methoxy groups -OCH3 is 1. The van der Waals surface area contributed by atoms with E-state index in [2.05, 4.69) is 5.32 Å². The maximum Gasteiger partial charge on any atom is 0.259 e. The van der Waals surface area contributed by atoms with E-state index >= 15 is 0 Å². The Morgan fingerprint density at radius 2 is 2.00 bits per heavy atom. The molecule has 0 saturated heterocycles. The maximum atomic E-state index is 12.8. The topological polar surface area (TPSA) is 67.9 Å². The van der Waals surface area contributed by atoms with Crippen LogP contribution in [0.1, 0.15) is 36.2 Å². The van der Waals surface area contributed by atoms with Crippen LogP contribution in [0.4, 0.5) is 11.4 Å². The van der Waals surface area contributed by atoms with Crippen LogP contribution < -0.4 is 15.0 Å². The average Bonchev–Trinajstić information content (AvgIpc) is 2.65. The Morgan fingerprint density at radius 3 is 2.71 bits per heavy atom. The lowest BCUT2D eigenvalue weighted by atomic mass is 10.0. The van der Waals surface area contributed by atoms with E-state index in [1.807, 2.05) is 26.0 Å². The summed E-state index contributed by atoms with van der Waals surface area (Å²) in [5.74, 6) is 0.200. The first-order chi connectivity index (χ1) is 13.4. The highest BCUT2D eigenvalue weighted by molar-refractivity contribution is 6.31. The van der Waals surface area contributed by atoms with Gasteiger partial charge in [-0.05, 0) is 62.2 Å². The highest BCUT2D eigenvalue weighted by atomic mass is 35.5. The van der Waals surface area contributed by atoms with E-state index in [1.54, 1.807) is 36.3 Å². The largest absolute Gasteiger partial charge is 0.490 e. The number of nitrogens with zero attached hydrogens (tertiary/aromatic N) is 1. The van der Waals surface area contributed by atoms with Gasteiger partial charge in [0.1, 0.15) is 12.5 Å². The summed E-state index contributed by atoms with van der Waals surface area (Å²) in [6.45, 7) is 4.00. The molecular formula is C21H23ClN2O4. The molecule has 2 aromatic rings. The van der Waals surface area contributed by atoms with E-state index < -0.39 is 0 Å². The predicted molar refractivity (Wildman–Crippen MR) is 109 cm³/mol. The Morgan fingerprint density at radius 1 is 1.21 bits per heavy atom. The van der Waals surface area contributed by atoms with Crippen molar-refractivity contribution in [2.24, 2.45) is 0 Å². The van der Waals surface area contributed by atoms with Gasteiger partial charge in [-0.3, -0.25) is 14.5 Å². The third-order valence-electron chi connectivity index (χ3n) is 4.34. The third-order valence-corrected chi connectivity index (χ3v) is 4.58. The number of ether oxygens (including phenoxy) is 2. The van der Waals surface area contributed by atoms with Crippen molar-refractivity contribution < 1.29 is 19.1 Å². The minimum Gasteiger partial charge on any atom is -0.490 e. The molecule has 0 unspecified atom stereocenters. The number of carbonyl (C=O) groups excluding carboxylic acids is 2. The number of fused-ring (bicyclic) bond motifs is 1. The van der Waals surface area contributed by atoms with Crippen molar-refractivity contribution in [1.82, 2.24) is 0 Å². The molecule has 28 heavy (non-hydrogen) atoms. The molecule has 0 fully saturated rings. The number of hydrogen-bond acceptors (Lipinski definition) is 4. The van der Waals surface area contributed by atoms with Crippen LogP contribution in [-0.4, -0.2) is 31.8 Å². The van der Waals surface area contributed by atoms with Gasteiger partial charge in [-0.1, -0.05) is 11.6 Å². The Kier molecular flexibility index (Phi) is 6.21. The lowest BCUT2D eigenvalue weighted by molar-refractivity contribution is -0.119. The molecule has 2 amide bonds. The second kappa shape index (κ2) is 8.63. The average molecular weight is 403 g/mol. The molecule has 7 heteroatoms. The minimum atomic E-state index is -0.307. The zero-order chi connectivity index (χ0) is 20.3. The van der Waals surface area contributed by atoms with Crippen LogP contribution in [0.3, 0.4) is 0 Å². The van der Waals surface area contributed by atoms with Gasteiger partial charge in [-0.2, -0.15) is 0 Å². The zero-order valence-corrected chi connectivity index (χ0v) is 16.9. The van der Waals surface area contributed by atoms with Crippen molar-refractivity contribution in [3.05, 3.63) is 52.5 Å². The molecule has 0 aliphatic carbocycles. The standard InChI is InChI=1S/C21H23ClN2O4/c1-13(2)28-19-8-5-15(22)11-17(19)21(26)23-16-6-7-18-14(10-16)4-9-20(25)24(18)12-27-3/h5-8,10-11,13H,4,9,12H2,1-3H3,(H,23,26). The van der Waals surface area contributed by atoms with Crippen LogP contribution >= 0.6 is 11.6 Å². The summed E-state index contributed by atoms with van der Waals surface area (Å²) in [5.41, 5.74) is 2.81. The van der Waals surface area contributed by atoms with Gasteiger partial charge < -0.3 is 14.8 Å². The summed E-state index contributed by atoms with van der Waals surface area (Å²) in [7, 11) is 1.55. The second-order valence-electron chi connectivity index (χ2n) is 6.84. The first-order valence-electron chi connectivity index (χ1n) is 9.09. The van der Waals surface area contributed by atoms with Crippen molar-refractivity contribution in [3.8, 4) is 5.75 Å². The molecule has 148 valence electrons. The van der Waals surface area contributed by atoms with Crippen molar-refractivity contribution in [1.29, 1.82) is 0 Å². The molecule has 0 bridgehead atoms. The van der Waals surface area contributed by atoms with E-state index in [4.69, 9.17) is 21.1 Å². The van der Waals surface area contributed by atoms with E-state index in [0.717, 1.165) is 11.3 Å². The first kappa shape index (κ1) is 20.2. The van der Waals surface area contributed by atoms with Crippen molar-refractivity contribution >= 4 is 34.8 Å². The maximum absolute atomic E-state index is 12.8. The zero-order valence-electron chi connectivity index (χ0n) is 16.1. The van der Waals surface area contributed by atoms with Gasteiger partial charge in [0.2, 0.25) is 5.91 Å². The van der Waals surface area contributed by atoms with Gasteiger partial charge in [0, 0.05) is 29.9 Å². The van der Waals surface area contributed by atoms with Crippen molar-refractivity contribution in [2.75, 3.05) is 24.1 Å². The normalized spacial score (nSPS) is 13.5. The number of anilines is 2. The van der Waals surface area contributed by atoms with E-state index in [0.29, 0.717) is 34.9 Å². The fraction of sp³-hybridized carbons (Fsp3) is 0.333. The summed E-state index contributed by atoms with van der Waals surface area (Å²) in [6.07, 6.45) is 0.964. The number of hydrogen-bond donors (Lipinski definition) is 1. The third kappa shape index (κ3) is 4.46. The van der Waals surface area contributed by atoms with E-state index in [9.17, 15) is 9.59 Å². The monoisotopic (exact) mass is 402 g/mol. The van der Waals surface area contributed by atoms with Crippen LogP contribution in [0.15, 0.2) is 36.4 Å². The molecule has 0 atom stereocenters. The smallest absolute Gasteiger partial charge is 0.259 e. The molecule has 3 rings (SSSR count). The lowest BCUT2D eigenvalue weighted by Crippen LogP contribution is -2.36. The molecule has 1 N–H and O–H groups in total. The van der Waals surface area contributed by atoms with Crippen LogP contribution in [0, 0.1) is 0 Å². The van der Waals surface area contributed by atoms with E-state index in [-0.39, 0.29) is 24.6 Å². The number of rotatable bonds is 6. The Labute approximate surface area is 169 Å². The molecule has 6 nitrogen and oxygen atoms in total. The SMILES string of the molecule is COCN1C(=O)CCc2cc(NC(=O)c3cc(Cl)ccc3OC(C)C)ccc21. The van der Waals surface area contributed by atoms with Gasteiger partial charge in [0.25, 0.3) is 5.91 Å². The summed E-state index contributed by atoms with van der Waals surface area (Å²) in [6, 6.07) is 10.5. The molecule has 1 heterocycles. The van der Waals surface area contributed by atoms with Gasteiger partial charge >= 0.3 is 0 Å². The van der Waals surface area contributed by atoms with Crippen LogP contribution in [0.2, 0.25) is 5.02 Å². The minimum absolute atomic E-state index is 0.0283. The predicted octanol–water partition coefficient (Wildman–Crippen LogP) is 4.26. The fourth-order valence-corrected chi connectivity index (χ4v) is 3.32. The van der Waals surface area contributed by atoms with Crippen LogP contribution in [0.25, 0.3) is 0 Å². The Balaban J connectivity index is 1.84. The molecule has 0 saturated carbocycles. The summed E-state index contributed by atoms with van der Waals surface area (Å²) in [5, 5.41) is 3.35. The Hall–Kier alpha value is -2.57. The highest BCUT2D eigenvalue weighted by Crippen LogP contribution is 2.31. The summed E-state index contributed by atoms with van der Waals surface area (Å²) in [4.78, 5) is 26.5. The van der Waals surface area contributed by atoms with Crippen molar-refractivity contribution in [2.45, 2.75) is 32.8 Å². The molecule has 1 aliphatic heterocycles. The van der Waals surface area contributed by atoms with Gasteiger partial charge in [-0.25, -0.2) is 0 Å². The second-order valence-corrected chi connectivity index (χ2v) is 7.28. The van der Waals surface area contributed by atoms with Crippen molar-refractivity contribution in [3.63, 3.8) is 0 Å². The quantitative estimate of drug-likeness (QED) is 0.783. The molecule has 0 spiro atoms. The molecule has 0 aromatic heterocycles. The lowest BCUT2D eigenvalue weighted by Gasteiger charge is -2.29. The highest BCUT2D eigenvalue weighted by Gasteiger charge is 2.24. The molecular weight excluding hydrogens is 380 g/mol. The van der Waals surface area contributed by atoms with E-state index in [1.165, 1.54) is 0 Å². The number of nitrogens with one attached hydrogen (secondary N) is 1. The Bertz CT molecular complexity index is 898. The number of aryl methyl sites for hydroxylation is 1. The van der Waals surface area contributed by atoms with Gasteiger partial charge in [0.15, 0.2) is 0 Å².